The third-order valence-electron chi connectivity index (χ3n) is 6.73. The first kappa shape index (κ1) is 33.3. The van der Waals surface area contributed by atoms with E-state index in [0.717, 1.165) is 33.8 Å². The van der Waals surface area contributed by atoms with E-state index in [9.17, 15) is 10.1 Å². The van der Waals surface area contributed by atoms with Crippen molar-refractivity contribution in [2.75, 3.05) is 7.11 Å². The maximum atomic E-state index is 10.8. The Morgan fingerprint density at radius 2 is 1.09 bits per heavy atom. The Morgan fingerprint density at radius 3 is 1.52 bits per heavy atom. The second kappa shape index (κ2) is 15.9. The molecule has 0 unspecified atom stereocenters. The maximum absolute atomic E-state index is 10.8. The molecule has 4 heterocycles. The topological polar surface area (TPSA) is 85.9 Å². The second-order valence-electron chi connectivity index (χ2n) is 9.39. The maximum Gasteiger partial charge on any atom is 0.270 e. The largest absolute Gasteiger partial charge is 1.00 e. The van der Waals surface area contributed by atoms with Crippen molar-refractivity contribution in [3.63, 3.8) is 0 Å². The van der Waals surface area contributed by atoms with Gasteiger partial charge in [0.2, 0.25) is 11.4 Å². The highest BCUT2D eigenvalue weighted by molar-refractivity contribution is 5.62. The van der Waals surface area contributed by atoms with Crippen LogP contribution in [0.3, 0.4) is 0 Å². The Kier molecular flexibility index (Phi) is 12.0. The van der Waals surface area contributed by atoms with E-state index >= 15 is 0 Å². The quantitative estimate of drug-likeness (QED) is 0.151. The van der Waals surface area contributed by atoms with Crippen LogP contribution in [0.2, 0.25) is 0 Å². The highest BCUT2D eigenvalue weighted by Gasteiger charge is 2.14. The van der Waals surface area contributed by atoms with Gasteiger partial charge in [0, 0.05) is 84.9 Å². The summed E-state index contributed by atoms with van der Waals surface area (Å²) in [5.41, 5.74) is 7.53. The standard InChI is InChI=1S/C17H14N3O2.C17H15N2O.2ClH/c1-13-12-16(20(21)22)2-3-17(13)19-10-6-15(7-11-19)14-4-8-18-9-5-14;1-20-17-4-2-16(3-5-17)19-12-8-15(9-13-19)14-6-10-18-11-7-14;;/h2-12H,1H3;2-13H,1H3;2*1H/q2*+1;;/p-2. The second-order valence-corrected chi connectivity index (χ2v) is 9.39. The summed E-state index contributed by atoms with van der Waals surface area (Å²) in [5.74, 6) is 0.864. The smallest absolute Gasteiger partial charge is 0.270 e. The molecule has 0 amide bonds. The molecule has 10 heteroatoms. The SMILES string of the molecule is COc1ccc(-[n+]2ccc(-c3ccncc3)cc2)cc1.Cc1cc([N+](=O)[O-])ccc1-[n+]1ccc(-c2ccncc2)cc1.[Cl-].[Cl-]. The Labute approximate surface area is 268 Å². The molecule has 8 nitrogen and oxygen atoms in total. The van der Waals surface area contributed by atoms with Gasteiger partial charge in [-0.15, -0.1) is 0 Å². The fourth-order valence-electron chi connectivity index (χ4n) is 4.46. The fraction of sp³-hybridized carbons (Fsp3) is 0.0588. The average Bonchev–Trinajstić information content (AvgIpc) is 3.06. The van der Waals surface area contributed by atoms with Gasteiger partial charge in [0.1, 0.15) is 5.75 Å². The van der Waals surface area contributed by atoms with E-state index in [4.69, 9.17) is 4.74 Å². The Bertz CT molecular complexity index is 1770. The molecule has 0 radical (unpaired) electrons. The number of nitrogens with zero attached hydrogens (tertiary/aromatic N) is 5. The van der Waals surface area contributed by atoms with Crippen LogP contribution in [0.1, 0.15) is 5.56 Å². The van der Waals surface area contributed by atoms with Crippen molar-refractivity contribution in [3.05, 3.63) is 156 Å². The summed E-state index contributed by atoms with van der Waals surface area (Å²) < 4.78 is 9.19. The average molecular weight is 627 g/mol. The van der Waals surface area contributed by atoms with Gasteiger partial charge in [0.15, 0.2) is 24.8 Å². The third-order valence-corrected chi connectivity index (χ3v) is 6.73. The fourth-order valence-corrected chi connectivity index (χ4v) is 4.46. The molecule has 0 saturated carbocycles. The molecule has 0 N–H and O–H groups in total. The van der Waals surface area contributed by atoms with Crippen molar-refractivity contribution in [1.82, 2.24) is 9.97 Å². The van der Waals surface area contributed by atoms with Crippen molar-refractivity contribution in [3.8, 4) is 39.4 Å². The number of aromatic nitrogens is 4. The lowest BCUT2D eigenvalue weighted by atomic mass is 10.1. The lowest BCUT2D eigenvalue weighted by Crippen LogP contribution is -3.00. The summed E-state index contributed by atoms with van der Waals surface area (Å²) in [7, 11) is 1.67. The van der Waals surface area contributed by atoms with E-state index in [2.05, 4.69) is 39.1 Å². The molecule has 0 aliphatic rings. The van der Waals surface area contributed by atoms with Crippen molar-refractivity contribution in [1.29, 1.82) is 0 Å². The summed E-state index contributed by atoms with van der Waals surface area (Å²) in [6, 6.07) is 29.0. The van der Waals surface area contributed by atoms with Crippen molar-refractivity contribution >= 4 is 5.69 Å². The Morgan fingerprint density at radius 1 is 0.636 bits per heavy atom. The van der Waals surface area contributed by atoms with Crippen LogP contribution in [0.4, 0.5) is 5.69 Å². The number of pyridine rings is 4. The highest BCUT2D eigenvalue weighted by Crippen LogP contribution is 2.20. The minimum Gasteiger partial charge on any atom is -1.00 e. The van der Waals surface area contributed by atoms with Crippen LogP contribution in [0.5, 0.6) is 5.75 Å². The Hall–Kier alpha value is -5.18. The molecule has 6 aromatic rings. The van der Waals surface area contributed by atoms with Gasteiger partial charge in [-0.3, -0.25) is 20.1 Å². The van der Waals surface area contributed by atoms with Gasteiger partial charge in [-0.25, -0.2) is 0 Å². The van der Waals surface area contributed by atoms with E-state index in [1.165, 1.54) is 17.2 Å². The number of benzene rings is 2. The zero-order chi connectivity index (χ0) is 29.3. The van der Waals surface area contributed by atoms with Crippen molar-refractivity contribution in [2.24, 2.45) is 0 Å². The predicted octanol–water partition coefficient (Wildman–Crippen LogP) is 0.284. The van der Waals surface area contributed by atoms with Crippen LogP contribution in [0.15, 0.2) is 141 Å². The van der Waals surface area contributed by atoms with E-state index in [1.807, 2.05) is 84.5 Å². The van der Waals surface area contributed by atoms with Crippen LogP contribution in [0.25, 0.3) is 33.6 Å². The first-order valence-corrected chi connectivity index (χ1v) is 13.2. The van der Waals surface area contributed by atoms with Crippen LogP contribution >= 0.6 is 0 Å². The lowest BCUT2D eigenvalue weighted by molar-refractivity contribution is -0.596. The zero-order valence-electron chi connectivity index (χ0n) is 24.0. The lowest BCUT2D eigenvalue weighted by Gasteiger charge is -2.02. The molecular formula is C34H29Cl2N5O3. The summed E-state index contributed by atoms with van der Waals surface area (Å²) in [6.45, 7) is 1.87. The highest BCUT2D eigenvalue weighted by atomic mass is 35.5. The van der Waals surface area contributed by atoms with Gasteiger partial charge in [-0.05, 0) is 65.6 Å². The van der Waals surface area contributed by atoms with Crippen LogP contribution < -0.4 is 38.7 Å². The summed E-state index contributed by atoms with van der Waals surface area (Å²) >= 11 is 0. The van der Waals surface area contributed by atoms with Gasteiger partial charge in [-0.1, -0.05) is 0 Å². The number of rotatable bonds is 6. The molecule has 2 aromatic carbocycles. The normalized spacial score (nSPS) is 9.86. The van der Waals surface area contributed by atoms with Gasteiger partial charge in [0.25, 0.3) is 5.69 Å². The number of halogens is 2. The summed E-state index contributed by atoms with van der Waals surface area (Å²) in [6.07, 6.45) is 15.1. The molecule has 0 bridgehead atoms. The molecule has 44 heavy (non-hydrogen) atoms. The molecule has 6 rings (SSSR count). The number of nitro groups is 1. The monoisotopic (exact) mass is 625 g/mol. The van der Waals surface area contributed by atoms with E-state index in [1.54, 1.807) is 44.0 Å². The molecule has 0 atom stereocenters. The first-order chi connectivity index (χ1) is 20.5. The first-order valence-electron chi connectivity index (χ1n) is 13.2. The van der Waals surface area contributed by atoms with E-state index in [-0.39, 0.29) is 35.4 Å². The van der Waals surface area contributed by atoms with Gasteiger partial charge in [0.05, 0.1) is 12.0 Å². The van der Waals surface area contributed by atoms with Crippen LogP contribution in [-0.4, -0.2) is 22.0 Å². The zero-order valence-corrected chi connectivity index (χ0v) is 25.5. The molecule has 222 valence electrons. The summed E-state index contributed by atoms with van der Waals surface area (Å²) in [4.78, 5) is 18.5. The van der Waals surface area contributed by atoms with Crippen molar-refractivity contribution < 1.29 is 43.6 Å². The van der Waals surface area contributed by atoms with Crippen LogP contribution in [0, 0.1) is 17.0 Å². The third kappa shape index (κ3) is 8.22. The molecule has 0 spiro atoms. The van der Waals surface area contributed by atoms with Gasteiger partial charge < -0.3 is 29.6 Å². The number of hydrogen-bond acceptors (Lipinski definition) is 5. The number of aryl methyl sites for hydroxylation is 1. The molecule has 0 fully saturated rings. The number of ether oxygens (including phenoxy) is 1. The summed E-state index contributed by atoms with van der Waals surface area (Å²) in [5, 5.41) is 10.8. The minimum absolute atomic E-state index is 0. The van der Waals surface area contributed by atoms with Crippen LogP contribution in [-0.2, 0) is 0 Å². The molecule has 0 saturated heterocycles. The van der Waals surface area contributed by atoms with Gasteiger partial charge in [-0.2, -0.15) is 9.13 Å². The molecule has 4 aromatic heterocycles. The Balaban J connectivity index is 0.000000231. The van der Waals surface area contributed by atoms with E-state index < -0.39 is 0 Å². The van der Waals surface area contributed by atoms with Gasteiger partial charge >= 0.3 is 0 Å². The number of non-ortho nitro benzene ring substituents is 1. The number of nitro benzene ring substituents is 1. The number of hydrogen-bond donors (Lipinski definition) is 0. The predicted molar refractivity (Wildman–Crippen MR) is 160 cm³/mol. The molecule has 0 aliphatic heterocycles. The van der Waals surface area contributed by atoms with E-state index in [0.29, 0.717) is 0 Å². The molecular weight excluding hydrogens is 597 g/mol. The van der Waals surface area contributed by atoms with Crippen molar-refractivity contribution in [2.45, 2.75) is 6.92 Å². The minimum atomic E-state index is -0.381. The molecule has 0 aliphatic carbocycles. The number of methoxy groups -OCH3 is 1.